The van der Waals surface area contributed by atoms with Gasteiger partial charge in [0.1, 0.15) is 5.69 Å². The van der Waals surface area contributed by atoms with Gasteiger partial charge in [0.05, 0.1) is 10.5 Å². The molecule has 0 bridgehead atoms. The van der Waals surface area contributed by atoms with Crippen LogP contribution in [-0.2, 0) is 7.05 Å². The van der Waals surface area contributed by atoms with Crippen LogP contribution in [0, 0.1) is 0 Å². The monoisotopic (exact) mass is 347 g/mol. The zero-order valence-electron chi connectivity index (χ0n) is 14.9. The number of aromatic nitrogens is 1. The predicted molar refractivity (Wildman–Crippen MR) is 99.8 cm³/mol. The van der Waals surface area contributed by atoms with E-state index in [2.05, 4.69) is 25.7 Å². The third kappa shape index (κ3) is 2.93. The van der Waals surface area contributed by atoms with Gasteiger partial charge in [0.25, 0.3) is 5.91 Å². The van der Waals surface area contributed by atoms with Gasteiger partial charge in [0.15, 0.2) is 0 Å². The van der Waals surface area contributed by atoms with E-state index in [0.29, 0.717) is 22.8 Å². The molecule has 0 spiro atoms. The Balaban J connectivity index is 1.88. The zero-order valence-corrected chi connectivity index (χ0v) is 15.7. The van der Waals surface area contributed by atoms with Gasteiger partial charge in [0.2, 0.25) is 0 Å². The second-order valence-electron chi connectivity index (χ2n) is 6.91. The highest BCUT2D eigenvalue weighted by Crippen LogP contribution is 2.27. The highest BCUT2D eigenvalue weighted by molar-refractivity contribution is 6.35. The Hall–Kier alpha value is -1.52. The Morgan fingerprint density at radius 1 is 1.33 bits per heavy atom. The van der Waals surface area contributed by atoms with E-state index in [0.717, 1.165) is 37.0 Å². The summed E-state index contributed by atoms with van der Waals surface area (Å²) in [5.41, 5.74) is 1.64. The van der Waals surface area contributed by atoms with E-state index in [1.807, 2.05) is 40.8 Å². The summed E-state index contributed by atoms with van der Waals surface area (Å²) in [5, 5.41) is 1.70. The van der Waals surface area contributed by atoms with E-state index in [4.69, 9.17) is 11.6 Å². The summed E-state index contributed by atoms with van der Waals surface area (Å²) in [6.45, 7) is 9.17. The average Bonchev–Trinajstić information content (AvgIpc) is 2.91. The first-order valence-corrected chi connectivity index (χ1v) is 9.10. The number of aryl methyl sites for hydroxylation is 1. The van der Waals surface area contributed by atoms with Crippen molar-refractivity contribution in [3.63, 3.8) is 0 Å². The highest BCUT2D eigenvalue weighted by atomic mass is 35.5. The molecule has 0 radical (unpaired) electrons. The molecule has 3 rings (SSSR count). The van der Waals surface area contributed by atoms with E-state index < -0.39 is 0 Å². The molecule has 0 unspecified atom stereocenters. The number of nitrogens with zero attached hydrogens (tertiary/aromatic N) is 3. The van der Waals surface area contributed by atoms with Crippen molar-refractivity contribution < 1.29 is 4.79 Å². The normalized spacial score (nSPS) is 19.4. The first-order chi connectivity index (χ1) is 11.4. The van der Waals surface area contributed by atoms with Crippen LogP contribution >= 0.6 is 11.6 Å². The molecular formula is C19H26ClN3O. The molecule has 4 nitrogen and oxygen atoms in total. The zero-order chi connectivity index (χ0) is 17.4. The van der Waals surface area contributed by atoms with Crippen molar-refractivity contribution in [3.05, 3.63) is 35.0 Å². The van der Waals surface area contributed by atoms with Gasteiger partial charge >= 0.3 is 0 Å². The first kappa shape index (κ1) is 17.3. The summed E-state index contributed by atoms with van der Waals surface area (Å²) in [6, 6.07) is 8.70. The van der Waals surface area contributed by atoms with Crippen molar-refractivity contribution >= 4 is 28.4 Å². The first-order valence-electron chi connectivity index (χ1n) is 8.73. The molecular weight excluding hydrogens is 322 g/mol. The van der Waals surface area contributed by atoms with Gasteiger partial charge in [-0.2, -0.15) is 0 Å². The number of hydrogen-bond donors (Lipinski definition) is 0. The summed E-state index contributed by atoms with van der Waals surface area (Å²) in [6.07, 6.45) is 1.06. The molecule has 1 aromatic heterocycles. The minimum absolute atomic E-state index is 0.103. The molecule has 1 aliphatic rings. The van der Waals surface area contributed by atoms with Gasteiger partial charge in [0, 0.05) is 44.2 Å². The van der Waals surface area contributed by atoms with Crippen LogP contribution in [0.4, 0.5) is 0 Å². The molecule has 1 saturated heterocycles. The van der Waals surface area contributed by atoms with Crippen molar-refractivity contribution in [1.29, 1.82) is 0 Å². The summed E-state index contributed by atoms with van der Waals surface area (Å²) < 4.78 is 1.93. The fourth-order valence-corrected chi connectivity index (χ4v) is 4.14. The second kappa shape index (κ2) is 6.77. The second-order valence-corrected chi connectivity index (χ2v) is 7.32. The molecule has 1 aromatic carbocycles. The Kier molecular flexibility index (Phi) is 4.88. The van der Waals surface area contributed by atoms with Crippen LogP contribution in [0.25, 0.3) is 10.9 Å². The fraction of sp³-hybridized carbons (Fsp3) is 0.526. The molecule has 5 heteroatoms. The highest BCUT2D eigenvalue weighted by Gasteiger charge is 2.31. The summed E-state index contributed by atoms with van der Waals surface area (Å²) in [5.74, 6) is 0.103. The summed E-state index contributed by atoms with van der Waals surface area (Å²) in [7, 11) is 1.92. The number of carbonyl (C=O) groups is 1. The number of para-hydroxylation sites is 1. The van der Waals surface area contributed by atoms with Gasteiger partial charge in [-0.3, -0.25) is 9.69 Å². The number of rotatable bonds is 3. The molecule has 24 heavy (non-hydrogen) atoms. The molecule has 2 aromatic rings. The molecule has 1 aliphatic heterocycles. The lowest BCUT2D eigenvalue weighted by molar-refractivity contribution is 0.0365. The molecule has 1 amide bonds. The molecule has 130 valence electrons. The van der Waals surface area contributed by atoms with E-state index in [-0.39, 0.29) is 5.91 Å². The van der Waals surface area contributed by atoms with Gasteiger partial charge in [-0.05, 0) is 32.4 Å². The maximum Gasteiger partial charge on any atom is 0.270 e. The minimum Gasteiger partial charge on any atom is -0.338 e. The Morgan fingerprint density at radius 2 is 2.08 bits per heavy atom. The maximum absolute atomic E-state index is 13.1. The third-order valence-electron chi connectivity index (χ3n) is 5.18. The molecule has 0 aliphatic carbocycles. The van der Waals surface area contributed by atoms with Crippen molar-refractivity contribution in [1.82, 2.24) is 14.4 Å². The molecule has 0 N–H and O–H groups in total. The standard InChI is InChI=1S/C19H26ClN3O/c1-5-15-12-22(9-10-23(15)13(2)3)19(24)17-11-14-7-6-8-16(20)18(14)21(17)4/h6-8,11,13,15H,5,9-10,12H2,1-4H3/t15-/m1/s1. The molecule has 0 saturated carbocycles. The van der Waals surface area contributed by atoms with Crippen LogP contribution in [0.1, 0.15) is 37.7 Å². The Bertz CT molecular complexity index is 752. The van der Waals surface area contributed by atoms with Crippen LogP contribution in [0.15, 0.2) is 24.3 Å². The number of fused-ring (bicyclic) bond motifs is 1. The third-order valence-corrected chi connectivity index (χ3v) is 5.48. The van der Waals surface area contributed by atoms with Crippen molar-refractivity contribution in [3.8, 4) is 0 Å². The van der Waals surface area contributed by atoms with Crippen molar-refractivity contribution in [2.45, 2.75) is 39.3 Å². The number of piperazine rings is 1. The minimum atomic E-state index is 0.103. The number of halogens is 1. The van der Waals surface area contributed by atoms with E-state index in [1.165, 1.54) is 0 Å². The Labute approximate surface area is 149 Å². The fourth-order valence-electron chi connectivity index (χ4n) is 3.83. The number of hydrogen-bond acceptors (Lipinski definition) is 2. The summed E-state index contributed by atoms with van der Waals surface area (Å²) >= 11 is 6.31. The van der Waals surface area contributed by atoms with E-state index in [9.17, 15) is 4.79 Å². The van der Waals surface area contributed by atoms with Crippen molar-refractivity contribution in [2.24, 2.45) is 7.05 Å². The lowest BCUT2D eigenvalue weighted by atomic mass is 10.1. The van der Waals surface area contributed by atoms with Crippen molar-refractivity contribution in [2.75, 3.05) is 19.6 Å². The summed E-state index contributed by atoms with van der Waals surface area (Å²) in [4.78, 5) is 17.6. The average molecular weight is 348 g/mol. The van der Waals surface area contributed by atoms with Crippen LogP contribution < -0.4 is 0 Å². The van der Waals surface area contributed by atoms with Crippen LogP contribution in [0.3, 0.4) is 0 Å². The molecule has 1 atom stereocenters. The van der Waals surface area contributed by atoms with Crippen LogP contribution in [-0.4, -0.2) is 52.0 Å². The number of benzene rings is 1. The topological polar surface area (TPSA) is 28.5 Å². The quantitative estimate of drug-likeness (QED) is 0.845. The Morgan fingerprint density at radius 3 is 2.71 bits per heavy atom. The van der Waals surface area contributed by atoms with E-state index >= 15 is 0 Å². The maximum atomic E-state index is 13.1. The SMILES string of the molecule is CC[C@@H]1CN(C(=O)c2cc3cccc(Cl)c3n2C)CCN1C(C)C. The van der Waals surface area contributed by atoms with Gasteiger partial charge < -0.3 is 9.47 Å². The lowest BCUT2D eigenvalue weighted by Crippen LogP contribution is -2.56. The smallest absolute Gasteiger partial charge is 0.270 e. The van der Waals surface area contributed by atoms with Gasteiger partial charge in [-0.1, -0.05) is 30.7 Å². The number of amides is 1. The molecule has 2 heterocycles. The largest absolute Gasteiger partial charge is 0.338 e. The van der Waals surface area contributed by atoms with Gasteiger partial charge in [-0.15, -0.1) is 0 Å². The predicted octanol–water partition coefficient (Wildman–Crippen LogP) is 3.78. The number of carbonyl (C=O) groups excluding carboxylic acids is 1. The van der Waals surface area contributed by atoms with Crippen LogP contribution in [0.5, 0.6) is 0 Å². The van der Waals surface area contributed by atoms with Gasteiger partial charge in [-0.25, -0.2) is 0 Å². The lowest BCUT2D eigenvalue weighted by Gasteiger charge is -2.43. The molecule has 1 fully saturated rings. The van der Waals surface area contributed by atoms with E-state index in [1.54, 1.807) is 0 Å². The van der Waals surface area contributed by atoms with Crippen LogP contribution in [0.2, 0.25) is 5.02 Å².